The molecule has 1 atom stereocenters. The van der Waals surface area contributed by atoms with Crippen molar-refractivity contribution in [2.45, 2.75) is 13.0 Å². The van der Waals surface area contributed by atoms with E-state index in [-0.39, 0.29) is 24.2 Å². The molecule has 0 bridgehead atoms. The molecule has 2 rings (SSSR count). The van der Waals surface area contributed by atoms with E-state index in [1.165, 1.54) is 0 Å². The topological polar surface area (TPSA) is 59.6 Å². The van der Waals surface area contributed by atoms with Gasteiger partial charge in [0.1, 0.15) is 12.4 Å². The van der Waals surface area contributed by atoms with E-state index in [2.05, 4.69) is 10.6 Å². The van der Waals surface area contributed by atoms with Crippen molar-refractivity contribution in [3.63, 3.8) is 0 Å². The van der Waals surface area contributed by atoms with Crippen LogP contribution in [0.2, 0.25) is 0 Å². The maximum absolute atomic E-state index is 11.9. The predicted molar refractivity (Wildman–Crippen MR) is 83.9 cm³/mol. The SMILES string of the molecule is COCCOc1cccc(CNC(=O)C2CCNC2)c1.Cl. The van der Waals surface area contributed by atoms with Crippen LogP contribution in [-0.4, -0.2) is 39.3 Å². The van der Waals surface area contributed by atoms with Gasteiger partial charge in [0, 0.05) is 20.2 Å². The van der Waals surface area contributed by atoms with E-state index in [0.29, 0.717) is 19.8 Å². The summed E-state index contributed by atoms with van der Waals surface area (Å²) in [4.78, 5) is 11.9. The molecular weight excluding hydrogens is 292 g/mol. The fraction of sp³-hybridized carbons (Fsp3) is 0.533. The van der Waals surface area contributed by atoms with Gasteiger partial charge in [-0.3, -0.25) is 4.79 Å². The third-order valence-corrected chi connectivity index (χ3v) is 3.35. The quantitative estimate of drug-likeness (QED) is 0.746. The van der Waals surface area contributed by atoms with Crippen molar-refractivity contribution in [2.24, 2.45) is 5.92 Å². The van der Waals surface area contributed by atoms with Crippen LogP contribution in [-0.2, 0) is 16.1 Å². The summed E-state index contributed by atoms with van der Waals surface area (Å²) in [7, 11) is 1.65. The van der Waals surface area contributed by atoms with Gasteiger partial charge in [0.2, 0.25) is 5.91 Å². The summed E-state index contributed by atoms with van der Waals surface area (Å²) in [5.41, 5.74) is 1.04. The summed E-state index contributed by atoms with van der Waals surface area (Å²) >= 11 is 0. The number of hydrogen-bond donors (Lipinski definition) is 2. The molecule has 1 saturated heterocycles. The number of ether oxygens (including phenoxy) is 2. The Morgan fingerprint density at radius 1 is 1.43 bits per heavy atom. The first-order valence-corrected chi connectivity index (χ1v) is 6.98. The number of hydrogen-bond acceptors (Lipinski definition) is 4. The predicted octanol–water partition coefficient (Wildman–Crippen LogP) is 1.36. The molecule has 0 saturated carbocycles. The third kappa shape index (κ3) is 5.91. The van der Waals surface area contributed by atoms with Crippen LogP contribution in [0, 0.1) is 5.92 Å². The molecule has 1 aliphatic rings. The van der Waals surface area contributed by atoms with Gasteiger partial charge in [-0.25, -0.2) is 0 Å². The summed E-state index contributed by atoms with van der Waals surface area (Å²) in [6.07, 6.45) is 0.923. The second kappa shape index (κ2) is 9.60. The lowest BCUT2D eigenvalue weighted by Crippen LogP contribution is -2.31. The van der Waals surface area contributed by atoms with Gasteiger partial charge < -0.3 is 20.1 Å². The monoisotopic (exact) mass is 314 g/mol. The molecule has 0 radical (unpaired) electrons. The van der Waals surface area contributed by atoms with Crippen molar-refractivity contribution in [2.75, 3.05) is 33.4 Å². The average molecular weight is 315 g/mol. The third-order valence-electron chi connectivity index (χ3n) is 3.35. The number of carbonyl (C=O) groups is 1. The number of rotatable bonds is 7. The van der Waals surface area contributed by atoms with Gasteiger partial charge in [-0.2, -0.15) is 0 Å². The normalized spacial score (nSPS) is 17.1. The molecule has 0 spiro atoms. The Labute approximate surface area is 131 Å². The van der Waals surface area contributed by atoms with Crippen molar-refractivity contribution in [3.05, 3.63) is 29.8 Å². The van der Waals surface area contributed by atoms with Crippen LogP contribution in [0.4, 0.5) is 0 Å². The van der Waals surface area contributed by atoms with Gasteiger partial charge in [0.05, 0.1) is 12.5 Å². The maximum atomic E-state index is 11.9. The van der Waals surface area contributed by atoms with Gasteiger partial charge in [0.15, 0.2) is 0 Å². The molecule has 0 aliphatic carbocycles. The van der Waals surface area contributed by atoms with Gasteiger partial charge in [-0.1, -0.05) is 12.1 Å². The van der Waals surface area contributed by atoms with Crippen LogP contribution in [0.1, 0.15) is 12.0 Å². The maximum Gasteiger partial charge on any atom is 0.224 e. The lowest BCUT2D eigenvalue weighted by Gasteiger charge is -2.11. The summed E-state index contributed by atoms with van der Waals surface area (Å²) in [5, 5.41) is 6.17. The fourth-order valence-corrected chi connectivity index (χ4v) is 2.20. The van der Waals surface area contributed by atoms with Gasteiger partial charge in [-0.05, 0) is 30.7 Å². The Morgan fingerprint density at radius 2 is 2.29 bits per heavy atom. The molecule has 5 nitrogen and oxygen atoms in total. The van der Waals surface area contributed by atoms with E-state index in [1.807, 2.05) is 24.3 Å². The van der Waals surface area contributed by atoms with E-state index in [9.17, 15) is 4.79 Å². The molecule has 2 N–H and O–H groups in total. The Bertz CT molecular complexity index is 437. The van der Waals surface area contributed by atoms with E-state index >= 15 is 0 Å². The van der Waals surface area contributed by atoms with Gasteiger partial charge >= 0.3 is 0 Å². The average Bonchev–Trinajstić information content (AvgIpc) is 3.00. The van der Waals surface area contributed by atoms with E-state index in [4.69, 9.17) is 9.47 Å². The Morgan fingerprint density at radius 3 is 3.00 bits per heavy atom. The zero-order valence-corrected chi connectivity index (χ0v) is 13.1. The summed E-state index contributed by atoms with van der Waals surface area (Å²) in [6.45, 7) is 3.35. The number of methoxy groups -OCH3 is 1. The molecule has 118 valence electrons. The lowest BCUT2D eigenvalue weighted by molar-refractivity contribution is -0.124. The van der Waals surface area contributed by atoms with Gasteiger partial charge in [0.25, 0.3) is 0 Å². The Balaban J connectivity index is 0.00000220. The molecule has 1 fully saturated rings. The highest BCUT2D eigenvalue weighted by Crippen LogP contribution is 2.14. The van der Waals surface area contributed by atoms with Crippen LogP contribution in [0.5, 0.6) is 5.75 Å². The molecule has 6 heteroatoms. The van der Waals surface area contributed by atoms with Crippen molar-refractivity contribution in [1.82, 2.24) is 10.6 Å². The van der Waals surface area contributed by atoms with Crippen LogP contribution in [0.15, 0.2) is 24.3 Å². The number of nitrogens with one attached hydrogen (secondary N) is 2. The summed E-state index contributed by atoms with van der Waals surface area (Å²) in [6, 6.07) is 7.77. The van der Waals surface area contributed by atoms with Crippen LogP contribution in [0.25, 0.3) is 0 Å². The van der Waals surface area contributed by atoms with Crippen molar-refractivity contribution in [1.29, 1.82) is 0 Å². The van der Waals surface area contributed by atoms with Gasteiger partial charge in [-0.15, -0.1) is 12.4 Å². The highest BCUT2D eigenvalue weighted by molar-refractivity contribution is 5.85. The molecule has 1 aliphatic heterocycles. The molecular formula is C15H23ClN2O3. The smallest absolute Gasteiger partial charge is 0.224 e. The zero-order chi connectivity index (χ0) is 14.2. The fourth-order valence-electron chi connectivity index (χ4n) is 2.20. The minimum absolute atomic E-state index is 0. The molecule has 1 aromatic rings. The lowest BCUT2D eigenvalue weighted by atomic mass is 10.1. The van der Waals surface area contributed by atoms with E-state index in [0.717, 1.165) is 30.8 Å². The largest absolute Gasteiger partial charge is 0.491 e. The molecule has 1 unspecified atom stereocenters. The highest BCUT2D eigenvalue weighted by Gasteiger charge is 2.21. The second-order valence-corrected chi connectivity index (χ2v) is 4.90. The van der Waals surface area contributed by atoms with E-state index in [1.54, 1.807) is 7.11 Å². The standard InChI is InChI=1S/C15H22N2O3.ClH/c1-19-7-8-20-14-4-2-3-12(9-14)10-17-15(18)13-5-6-16-11-13;/h2-4,9,13,16H,5-8,10-11H2,1H3,(H,17,18);1H. The first-order chi connectivity index (χ1) is 9.79. The second-order valence-electron chi connectivity index (χ2n) is 4.90. The number of halogens is 1. The van der Waals surface area contributed by atoms with Crippen LogP contribution >= 0.6 is 12.4 Å². The first kappa shape index (κ1) is 17.8. The van der Waals surface area contributed by atoms with Crippen molar-refractivity contribution in [3.8, 4) is 5.75 Å². The number of carbonyl (C=O) groups excluding carboxylic acids is 1. The Hall–Kier alpha value is -1.30. The van der Waals surface area contributed by atoms with Crippen LogP contribution in [0.3, 0.4) is 0 Å². The Kier molecular flexibility index (Phi) is 8.12. The highest BCUT2D eigenvalue weighted by atomic mass is 35.5. The number of benzene rings is 1. The van der Waals surface area contributed by atoms with Crippen molar-refractivity contribution < 1.29 is 14.3 Å². The molecule has 1 amide bonds. The zero-order valence-electron chi connectivity index (χ0n) is 12.3. The minimum atomic E-state index is 0. The van der Waals surface area contributed by atoms with E-state index < -0.39 is 0 Å². The minimum Gasteiger partial charge on any atom is -0.491 e. The number of amides is 1. The summed E-state index contributed by atoms with van der Waals surface area (Å²) in [5.74, 6) is 1.04. The van der Waals surface area contributed by atoms with Crippen LogP contribution < -0.4 is 15.4 Å². The molecule has 0 aromatic heterocycles. The van der Waals surface area contributed by atoms with Crippen molar-refractivity contribution >= 4 is 18.3 Å². The molecule has 21 heavy (non-hydrogen) atoms. The molecule has 1 aromatic carbocycles. The first-order valence-electron chi connectivity index (χ1n) is 6.98. The summed E-state index contributed by atoms with van der Waals surface area (Å²) < 4.78 is 10.5. The molecule has 1 heterocycles.